The van der Waals surface area contributed by atoms with E-state index in [1.807, 2.05) is 39.0 Å². The van der Waals surface area contributed by atoms with Gasteiger partial charge >= 0.3 is 5.97 Å². The molecule has 0 saturated heterocycles. The molecule has 0 unspecified atom stereocenters. The SMILES string of the molecule is COc1ccc(C)cc1-c1ccc(C(=O)O)c(C(C)C)n1. The Morgan fingerprint density at radius 3 is 2.52 bits per heavy atom. The van der Waals surface area contributed by atoms with Crippen LogP contribution in [0.2, 0.25) is 0 Å². The van der Waals surface area contributed by atoms with Gasteiger partial charge in [0.05, 0.1) is 24.1 Å². The van der Waals surface area contributed by atoms with E-state index in [1.165, 1.54) is 0 Å². The van der Waals surface area contributed by atoms with Crippen LogP contribution < -0.4 is 4.74 Å². The quantitative estimate of drug-likeness (QED) is 0.926. The number of pyridine rings is 1. The van der Waals surface area contributed by atoms with Gasteiger partial charge in [-0.25, -0.2) is 4.79 Å². The van der Waals surface area contributed by atoms with Crippen LogP contribution in [0.1, 0.15) is 41.4 Å². The van der Waals surface area contributed by atoms with Gasteiger partial charge in [0.1, 0.15) is 5.75 Å². The summed E-state index contributed by atoms with van der Waals surface area (Å²) < 4.78 is 5.38. The van der Waals surface area contributed by atoms with Crippen molar-refractivity contribution in [1.29, 1.82) is 0 Å². The topological polar surface area (TPSA) is 59.4 Å². The smallest absolute Gasteiger partial charge is 0.337 e. The molecule has 0 bridgehead atoms. The molecule has 0 spiro atoms. The zero-order chi connectivity index (χ0) is 15.6. The summed E-state index contributed by atoms with van der Waals surface area (Å²) in [5.74, 6) is -0.188. The van der Waals surface area contributed by atoms with Gasteiger partial charge < -0.3 is 9.84 Å². The Kier molecular flexibility index (Phi) is 4.26. The van der Waals surface area contributed by atoms with Gasteiger partial charge in [-0.05, 0) is 37.1 Å². The normalized spacial score (nSPS) is 10.7. The number of nitrogens with zero attached hydrogens (tertiary/aromatic N) is 1. The summed E-state index contributed by atoms with van der Waals surface area (Å²) in [6.45, 7) is 5.87. The fourth-order valence-corrected chi connectivity index (χ4v) is 2.27. The van der Waals surface area contributed by atoms with E-state index in [2.05, 4.69) is 4.98 Å². The van der Waals surface area contributed by atoms with Crippen molar-refractivity contribution in [3.63, 3.8) is 0 Å². The minimum absolute atomic E-state index is 0.0341. The van der Waals surface area contributed by atoms with E-state index in [9.17, 15) is 9.90 Å². The standard InChI is InChI=1S/C17H19NO3/c1-10(2)16-12(17(19)20)6-7-14(18-16)13-9-11(3)5-8-15(13)21-4/h5-10H,1-4H3,(H,19,20). The van der Waals surface area contributed by atoms with Crippen LogP contribution in [0.15, 0.2) is 30.3 Å². The number of aromatic carboxylic acids is 1. The fourth-order valence-electron chi connectivity index (χ4n) is 2.27. The molecule has 0 atom stereocenters. The first-order valence-corrected chi connectivity index (χ1v) is 6.83. The molecule has 0 radical (unpaired) electrons. The Hall–Kier alpha value is -2.36. The largest absolute Gasteiger partial charge is 0.496 e. The van der Waals surface area contributed by atoms with Gasteiger partial charge in [0.15, 0.2) is 0 Å². The number of hydrogen-bond donors (Lipinski definition) is 1. The van der Waals surface area contributed by atoms with Crippen molar-refractivity contribution in [2.24, 2.45) is 0 Å². The van der Waals surface area contributed by atoms with Crippen LogP contribution in [-0.2, 0) is 0 Å². The average Bonchev–Trinajstić information content (AvgIpc) is 2.46. The molecule has 4 heteroatoms. The number of hydrogen-bond acceptors (Lipinski definition) is 3. The lowest BCUT2D eigenvalue weighted by Gasteiger charge is -2.13. The van der Waals surface area contributed by atoms with Crippen molar-refractivity contribution in [1.82, 2.24) is 4.98 Å². The number of aryl methyl sites for hydroxylation is 1. The lowest BCUT2D eigenvalue weighted by atomic mass is 10.0. The summed E-state index contributed by atoms with van der Waals surface area (Å²) in [7, 11) is 1.61. The molecule has 4 nitrogen and oxygen atoms in total. The van der Waals surface area contributed by atoms with Crippen LogP contribution >= 0.6 is 0 Å². The summed E-state index contributed by atoms with van der Waals surface area (Å²) in [6.07, 6.45) is 0. The molecule has 110 valence electrons. The van der Waals surface area contributed by atoms with Gasteiger partial charge in [-0.1, -0.05) is 25.5 Å². The fraction of sp³-hybridized carbons (Fsp3) is 0.294. The molecule has 0 fully saturated rings. The number of carboxylic acid groups (broad SMARTS) is 1. The number of carboxylic acids is 1. The zero-order valence-corrected chi connectivity index (χ0v) is 12.7. The van der Waals surface area contributed by atoms with Gasteiger partial charge in [-0.3, -0.25) is 4.98 Å². The van der Waals surface area contributed by atoms with E-state index in [-0.39, 0.29) is 11.5 Å². The van der Waals surface area contributed by atoms with E-state index >= 15 is 0 Å². The summed E-state index contributed by atoms with van der Waals surface area (Å²) in [5.41, 5.74) is 3.53. The van der Waals surface area contributed by atoms with Gasteiger partial charge in [-0.15, -0.1) is 0 Å². The zero-order valence-electron chi connectivity index (χ0n) is 12.7. The van der Waals surface area contributed by atoms with Crippen molar-refractivity contribution in [2.45, 2.75) is 26.7 Å². The Morgan fingerprint density at radius 1 is 1.24 bits per heavy atom. The number of carbonyl (C=O) groups is 1. The number of aromatic nitrogens is 1. The summed E-state index contributed by atoms with van der Waals surface area (Å²) in [6, 6.07) is 9.20. The van der Waals surface area contributed by atoms with Crippen LogP contribution in [0.25, 0.3) is 11.3 Å². The summed E-state index contributed by atoms with van der Waals surface area (Å²) >= 11 is 0. The molecular formula is C17H19NO3. The lowest BCUT2D eigenvalue weighted by molar-refractivity contribution is 0.0694. The van der Waals surface area contributed by atoms with E-state index in [0.29, 0.717) is 5.69 Å². The van der Waals surface area contributed by atoms with Crippen LogP contribution in [0.5, 0.6) is 5.75 Å². The van der Waals surface area contributed by atoms with Crippen LogP contribution in [0.3, 0.4) is 0 Å². The first kappa shape index (κ1) is 15.0. The van der Waals surface area contributed by atoms with E-state index in [1.54, 1.807) is 19.2 Å². The predicted octanol–water partition coefficient (Wildman–Crippen LogP) is 3.89. The second-order valence-corrected chi connectivity index (χ2v) is 5.29. The molecule has 1 aromatic heterocycles. The highest BCUT2D eigenvalue weighted by Gasteiger charge is 2.17. The number of ether oxygens (including phenoxy) is 1. The van der Waals surface area contributed by atoms with Crippen LogP contribution in [-0.4, -0.2) is 23.2 Å². The highest BCUT2D eigenvalue weighted by molar-refractivity contribution is 5.89. The van der Waals surface area contributed by atoms with Gasteiger partial charge in [0, 0.05) is 5.56 Å². The number of benzene rings is 1. The number of rotatable bonds is 4. The molecule has 0 amide bonds. The first-order valence-electron chi connectivity index (χ1n) is 6.83. The van der Waals surface area contributed by atoms with E-state index in [4.69, 9.17) is 4.74 Å². The average molecular weight is 285 g/mol. The molecule has 2 rings (SSSR count). The maximum Gasteiger partial charge on any atom is 0.337 e. The van der Waals surface area contributed by atoms with Crippen molar-refractivity contribution in [3.05, 3.63) is 47.2 Å². The Balaban J connectivity index is 2.63. The molecule has 0 saturated carbocycles. The third kappa shape index (κ3) is 3.05. The molecule has 21 heavy (non-hydrogen) atoms. The van der Waals surface area contributed by atoms with E-state index in [0.717, 1.165) is 22.6 Å². The van der Waals surface area contributed by atoms with Gasteiger partial charge in [0.25, 0.3) is 0 Å². The van der Waals surface area contributed by atoms with Crippen molar-refractivity contribution >= 4 is 5.97 Å². The molecule has 1 heterocycles. The maximum absolute atomic E-state index is 11.3. The lowest BCUT2D eigenvalue weighted by Crippen LogP contribution is -2.07. The highest BCUT2D eigenvalue weighted by Crippen LogP contribution is 2.31. The Morgan fingerprint density at radius 2 is 1.95 bits per heavy atom. The predicted molar refractivity (Wildman–Crippen MR) is 82.0 cm³/mol. The number of methoxy groups -OCH3 is 1. The molecule has 1 N–H and O–H groups in total. The molecule has 2 aromatic rings. The minimum Gasteiger partial charge on any atom is -0.496 e. The first-order chi connectivity index (χ1) is 9.93. The molecule has 0 aliphatic rings. The third-order valence-electron chi connectivity index (χ3n) is 3.33. The van der Waals surface area contributed by atoms with Gasteiger partial charge in [0.2, 0.25) is 0 Å². The monoisotopic (exact) mass is 285 g/mol. The Labute approximate surface area is 124 Å². The van der Waals surface area contributed by atoms with Crippen LogP contribution in [0, 0.1) is 6.92 Å². The molecule has 1 aromatic carbocycles. The Bertz CT molecular complexity index is 678. The van der Waals surface area contributed by atoms with Crippen molar-refractivity contribution in [2.75, 3.05) is 7.11 Å². The van der Waals surface area contributed by atoms with Gasteiger partial charge in [-0.2, -0.15) is 0 Å². The summed E-state index contributed by atoms with van der Waals surface area (Å²) in [5, 5.41) is 9.26. The second-order valence-electron chi connectivity index (χ2n) is 5.29. The summed E-state index contributed by atoms with van der Waals surface area (Å²) in [4.78, 5) is 15.8. The molecule has 0 aliphatic carbocycles. The maximum atomic E-state index is 11.3. The molecule has 0 aliphatic heterocycles. The van der Waals surface area contributed by atoms with E-state index < -0.39 is 5.97 Å². The highest BCUT2D eigenvalue weighted by atomic mass is 16.5. The van der Waals surface area contributed by atoms with Crippen molar-refractivity contribution in [3.8, 4) is 17.0 Å². The minimum atomic E-state index is -0.950. The molecular weight excluding hydrogens is 266 g/mol. The third-order valence-corrected chi connectivity index (χ3v) is 3.33. The second kappa shape index (κ2) is 5.95. The van der Waals surface area contributed by atoms with Crippen LogP contribution in [0.4, 0.5) is 0 Å². The van der Waals surface area contributed by atoms with Crippen molar-refractivity contribution < 1.29 is 14.6 Å².